The number of halogens is 1. The molecule has 0 saturated heterocycles. The summed E-state index contributed by atoms with van der Waals surface area (Å²) in [5, 5.41) is 12.0. The molecule has 0 radical (unpaired) electrons. The fraction of sp³-hybridized carbons (Fsp3) is 0.444. The number of rotatable bonds is 6. The third-order valence-corrected chi connectivity index (χ3v) is 1.86. The summed E-state index contributed by atoms with van der Waals surface area (Å²) in [6.07, 6.45) is 1.52. The molecule has 0 spiro atoms. The van der Waals surface area contributed by atoms with Crippen LogP contribution in [0.15, 0.2) is 12.3 Å². The van der Waals surface area contributed by atoms with Crippen LogP contribution in [0.4, 0.5) is 11.5 Å². The summed E-state index contributed by atoms with van der Waals surface area (Å²) in [6, 6.07) is 1.63. The lowest BCUT2D eigenvalue weighted by atomic mass is 10.4. The molecule has 0 bridgehead atoms. The molecule has 0 saturated carbocycles. The molecule has 15 heavy (non-hydrogen) atoms. The predicted molar refractivity (Wildman–Crippen MR) is 60.1 cm³/mol. The van der Waals surface area contributed by atoms with Gasteiger partial charge in [0.1, 0.15) is 5.82 Å². The molecule has 0 atom stereocenters. The van der Waals surface area contributed by atoms with Gasteiger partial charge in [0.05, 0.1) is 30.5 Å². The summed E-state index contributed by atoms with van der Waals surface area (Å²) in [5.74, 6) is 0.590. The maximum atomic E-state index is 8.46. The zero-order chi connectivity index (χ0) is 11.1. The van der Waals surface area contributed by atoms with E-state index < -0.39 is 0 Å². The molecule has 84 valence electrons. The van der Waals surface area contributed by atoms with Gasteiger partial charge in [-0.1, -0.05) is 11.6 Å². The van der Waals surface area contributed by atoms with Gasteiger partial charge in [0.2, 0.25) is 0 Å². The Kier molecular flexibility index (Phi) is 5.17. The minimum atomic E-state index is 0.0291. The van der Waals surface area contributed by atoms with Crippen molar-refractivity contribution in [2.75, 3.05) is 37.4 Å². The van der Waals surface area contributed by atoms with Crippen LogP contribution in [0.5, 0.6) is 0 Å². The molecule has 0 unspecified atom stereocenters. The molecule has 0 aliphatic rings. The van der Waals surface area contributed by atoms with Gasteiger partial charge in [0.15, 0.2) is 0 Å². The number of nitrogens with zero attached hydrogens (tertiary/aromatic N) is 1. The number of hydrogen-bond donors (Lipinski definition) is 3. The third kappa shape index (κ3) is 4.33. The Balaban J connectivity index is 2.31. The molecule has 1 rings (SSSR count). The van der Waals surface area contributed by atoms with Crippen molar-refractivity contribution < 1.29 is 9.84 Å². The minimum Gasteiger partial charge on any atom is -0.396 e. The van der Waals surface area contributed by atoms with Gasteiger partial charge in [-0.2, -0.15) is 0 Å². The second-order valence-corrected chi connectivity index (χ2v) is 3.29. The van der Waals surface area contributed by atoms with Crippen LogP contribution in [0.1, 0.15) is 0 Å². The highest BCUT2D eigenvalue weighted by Crippen LogP contribution is 2.18. The molecular formula is C9H14ClN3O2. The number of aliphatic hydroxyl groups excluding tert-OH is 1. The van der Waals surface area contributed by atoms with Crippen molar-refractivity contribution in [3.63, 3.8) is 0 Å². The van der Waals surface area contributed by atoms with E-state index >= 15 is 0 Å². The van der Waals surface area contributed by atoms with Gasteiger partial charge in [-0.05, 0) is 6.07 Å². The van der Waals surface area contributed by atoms with Crippen molar-refractivity contribution in [1.29, 1.82) is 0 Å². The maximum Gasteiger partial charge on any atom is 0.149 e. The van der Waals surface area contributed by atoms with Crippen LogP contribution in [0.25, 0.3) is 0 Å². The fourth-order valence-corrected chi connectivity index (χ4v) is 1.18. The largest absolute Gasteiger partial charge is 0.396 e. The van der Waals surface area contributed by atoms with Crippen LogP contribution < -0.4 is 11.1 Å². The van der Waals surface area contributed by atoms with Crippen molar-refractivity contribution in [3.05, 3.63) is 17.3 Å². The summed E-state index contributed by atoms with van der Waals surface area (Å²) in [4.78, 5) is 4.02. The standard InChI is InChI=1S/C9H14ClN3O2/c10-7-5-8(11)9(13-6-7)12-1-3-15-4-2-14/h5-6,14H,1-4,11H2,(H,12,13). The molecule has 1 aromatic heterocycles. The molecule has 0 aromatic carbocycles. The average molecular weight is 232 g/mol. The molecule has 1 heterocycles. The van der Waals surface area contributed by atoms with E-state index in [1.807, 2.05) is 0 Å². The molecule has 6 heteroatoms. The van der Waals surface area contributed by atoms with E-state index in [-0.39, 0.29) is 6.61 Å². The zero-order valence-electron chi connectivity index (χ0n) is 8.24. The Bertz CT molecular complexity index is 309. The number of nitrogens with one attached hydrogen (secondary N) is 1. The van der Waals surface area contributed by atoms with E-state index in [0.29, 0.717) is 36.3 Å². The predicted octanol–water partition coefficient (Wildman–Crippen LogP) is 0.738. The van der Waals surface area contributed by atoms with E-state index in [0.717, 1.165) is 0 Å². The summed E-state index contributed by atoms with van der Waals surface area (Å²) in [7, 11) is 0. The lowest BCUT2D eigenvalue weighted by Crippen LogP contribution is -2.13. The summed E-state index contributed by atoms with van der Waals surface area (Å²) < 4.78 is 5.06. The number of anilines is 2. The normalized spacial score (nSPS) is 10.3. The van der Waals surface area contributed by atoms with Crippen molar-refractivity contribution in [3.8, 4) is 0 Å². The van der Waals surface area contributed by atoms with E-state index in [1.54, 1.807) is 6.07 Å². The second kappa shape index (κ2) is 6.44. The van der Waals surface area contributed by atoms with Crippen LogP contribution in [-0.4, -0.2) is 36.5 Å². The van der Waals surface area contributed by atoms with Crippen LogP contribution in [0, 0.1) is 0 Å². The highest BCUT2D eigenvalue weighted by molar-refractivity contribution is 6.30. The van der Waals surface area contributed by atoms with E-state index in [2.05, 4.69) is 10.3 Å². The maximum absolute atomic E-state index is 8.46. The van der Waals surface area contributed by atoms with Gasteiger partial charge in [0, 0.05) is 12.7 Å². The molecule has 5 nitrogen and oxygen atoms in total. The van der Waals surface area contributed by atoms with Gasteiger partial charge in [0.25, 0.3) is 0 Å². The Hall–Kier alpha value is -1.04. The number of pyridine rings is 1. The van der Waals surface area contributed by atoms with Crippen molar-refractivity contribution >= 4 is 23.1 Å². The van der Waals surface area contributed by atoms with Crippen molar-refractivity contribution in [2.45, 2.75) is 0 Å². The second-order valence-electron chi connectivity index (χ2n) is 2.85. The highest BCUT2D eigenvalue weighted by atomic mass is 35.5. The number of nitrogen functional groups attached to an aromatic ring is 1. The van der Waals surface area contributed by atoms with Crippen molar-refractivity contribution in [1.82, 2.24) is 4.98 Å². The van der Waals surface area contributed by atoms with E-state index in [1.165, 1.54) is 6.20 Å². The smallest absolute Gasteiger partial charge is 0.149 e. The Labute approximate surface area is 93.2 Å². The number of aliphatic hydroxyl groups is 1. The molecular weight excluding hydrogens is 218 g/mol. The zero-order valence-corrected chi connectivity index (χ0v) is 9.00. The molecule has 0 aliphatic carbocycles. The summed E-state index contributed by atoms with van der Waals surface area (Å²) in [5.41, 5.74) is 6.18. The topological polar surface area (TPSA) is 80.4 Å². The number of aromatic nitrogens is 1. The Morgan fingerprint density at radius 1 is 1.53 bits per heavy atom. The molecule has 1 aromatic rings. The quantitative estimate of drug-likeness (QED) is 0.630. The van der Waals surface area contributed by atoms with Gasteiger partial charge in [-0.25, -0.2) is 4.98 Å². The summed E-state index contributed by atoms with van der Waals surface area (Å²) in [6.45, 7) is 1.44. The number of hydrogen-bond acceptors (Lipinski definition) is 5. The van der Waals surface area contributed by atoms with Gasteiger partial charge in [-0.15, -0.1) is 0 Å². The Morgan fingerprint density at radius 3 is 3.00 bits per heavy atom. The van der Waals surface area contributed by atoms with Crippen LogP contribution in [-0.2, 0) is 4.74 Å². The van der Waals surface area contributed by atoms with Gasteiger partial charge >= 0.3 is 0 Å². The molecule has 0 amide bonds. The van der Waals surface area contributed by atoms with Crippen molar-refractivity contribution in [2.24, 2.45) is 0 Å². The minimum absolute atomic E-state index is 0.0291. The Morgan fingerprint density at radius 2 is 2.33 bits per heavy atom. The number of ether oxygens (including phenoxy) is 1. The van der Waals surface area contributed by atoms with Crippen LogP contribution in [0.2, 0.25) is 5.02 Å². The third-order valence-electron chi connectivity index (χ3n) is 1.66. The van der Waals surface area contributed by atoms with Crippen LogP contribution >= 0.6 is 11.6 Å². The first-order chi connectivity index (χ1) is 7.24. The SMILES string of the molecule is Nc1cc(Cl)cnc1NCCOCCO. The lowest BCUT2D eigenvalue weighted by molar-refractivity contribution is 0.0992. The van der Waals surface area contributed by atoms with E-state index in [9.17, 15) is 0 Å². The first kappa shape index (κ1) is 12.0. The highest BCUT2D eigenvalue weighted by Gasteiger charge is 2.00. The van der Waals surface area contributed by atoms with Crippen LogP contribution in [0.3, 0.4) is 0 Å². The molecule has 4 N–H and O–H groups in total. The van der Waals surface area contributed by atoms with Gasteiger partial charge < -0.3 is 20.9 Å². The average Bonchev–Trinajstić information content (AvgIpc) is 2.20. The first-order valence-corrected chi connectivity index (χ1v) is 4.95. The first-order valence-electron chi connectivity index (χ1n) is 4.57. The number of nitrogens with two attached hydrogens (primary N) is 1. The van der Waals surface area contributed by atoms with Gasteiger partial charge in [-0.3, -0.25) is 0 Å². The monoisotopic (exact) mass is 231 g/mol. The fourth-order valence-electron chi connectivity index (χ4n) is 1.01. The molecule has 0 fully saturated rings. The lowest BCUT2D eigenvalue weighted by Gasteiger charge is -2.08. The summed E-state index contributed by atoms with van der Waals surface area (Å²) >= 11 is 5.70. The molecule has 0 aliphatic heterocycles. The van der Waals surface area contributed by atoms with E-state index in [4.69, 9.17) is 27.2 Å².